The summed E-state index contributed by atoms with van der Waals surface area (Å²) >= 11 is 0. The van der Waals surface area contributed by atoms with Crippen LogP contribution in [0.5, 0.6) is 5.75 Å². The van der Waals surface area contributed by atoms with Gasteiger partial charge >= 0.3 is 5.97 Å². The van der Waals surface area contributed by atoms with Crippen LogP contribution < -0.4 is 0 Å². The predicted molar refractivity (Wildman–Crippen MR) is 99.2 cm³/mol. The van der Waals surface area contributed by atoms with Crippen LogP contribution in [0.2, 0.25) is 0 Å². The lowest BCUT2D eigenvalue weighted by molar-refractivity contribution is 0.0697. The van der Waals surface area contributed by atoms with Crippen LogP contribution in [0.25, 0.3) is 34.0 Å². The Balaban J connectivity index is 1.65. The molecular formula is C21H14N2O4. The first-order valence-corrected chi connectivity index (χ1v) is 8.18. The lowest BCUT2D eigenvalue weighted by Crippen LogP contribution is -1.96. The van der Waals surface area contributed by atoms with Gasteiger partial charge in [0.15, 0.2) is 0 Å². The Morgan fingerprint density at radius 2 is 1.52 bits per heavy atom. The van der Waals surface area contributed by atoms with Gasteiger partial charge in [0.05, 0.1) is 11.1 Å². The molecule has 0 unspecified atom stereocenters. The number of phenolic OH excluding ortho intramolecular Hbond substituents is 1. The van der Waals surface area contributed by atoms with E-state index in [0.717, 1.165) is 16.7 Å². The molecule has 0 spiro atoms. The standard InChI is InChI=1S/C21H14N2O4/c24-18-11-10-16(21(25)26)12-17(18)19-22-20(27-23-19)15-8-6-14(7-9-15)13-4-2-1-3-5-13/h1-12,24H,(H,25,26). The van der Waals surface area contributed by atoms with Crippen LogP contribution in [0.15, 0.2) is 77.3 Å². The highest BCUT2D eigenvalue weighted by atomic mass is 16.5. The van der Waals surface area contributed by atoms with Gasteiger partial charge in [-0.05, 0) is 41.5 Å². The molecule has 0 fully saturated rings. The molecule has 6 nitrogen and oxygen atoms in total. The normalized spacial score (nSPS) is 10.7. The fourth-order valence-electron chi connectivity index (χ4n) is 2.73. The monoisotopic (exact) mass is 358 g/mol. The van der Waals surface area contributed by atoms with Crippen molar-refractivity contribution in [3.05, 3.63) is 78.4 Å². The van der Waals surface area contributed by atoms with Crippen molar-refractivity contribution in [2.45, 2.75) is 0 Å². The highest BCUT2D eigenvalue weighted by Crippen LogP contribution is 2.30. The van der Waals surface area contributed by atoms with Gasteiger partial charge < -0.3 is 14.7 Å². The van der Waals surface area contributed by atoms with Crippen molar-refractivity contribution in [2.75, 3.05) is 0 Å². The topological polar surface area (TPSA) is 96.5 Å². The molecule has 6 heteroatoms. The molecule has 0 saturated carbocycles. The smallest absolute Gasteiger partial charge is 0.335 e. The zero-order valence-corrected chi connectivity index (χ0v) is 14.0. The molecule has 0 atom stereocenters. The van der Waals surface area contributed by atoms with E-state index in [0.29, 0.717) is 0 Å². The molecule has 4 rings (SSSR count). The first-order chi connectivity index (χ1) is 13.1. The summed E-state index contributed by atoms with van der Waals surface area (Å²) in [5.74, 6) is -0.814. The van der Waals surface area contributed by atoms with Crippen molar-refractivity contribution >= 4 is 5.97 Å². The second-order valence-electron chi connectivity index (χ2n) is 5.90. The minimum Gasteiger partial charge on any atom is -0.507 e. The van der Waals surface area contributed by atoms with E-state index >= 15 is 0 Å². The Kier molecular flexibility index (Phi) is 4.14. The molecule has 0 aliphatic rings. The van der Waals surface area contributed by atoms with Gasteiger partial charge in [0, 0.05) is 5.56 Å². The Bertz CT molecular complexity index is 1100. The molecule has 27 heavy (non-hydrogen) atoms. The van der Waals surface area contributed by atoms with Crippen LogP contribution in [0.4, 0.5) is 0 Å². The van der Waals surface area contributed by atoms with E-state index in [-0.39, 0.29) is 28.6 Å². The summed E-state index contributed by atoms with van der Waals surface area (Å²) in [6.45, 7) is 0. The van der Waals surface area contributed by atoms with Crippen molar-refractivity contribution < 1.29 is 19.5 Å². The quantitative estimate of drug-likeness (QED) is 0.558. The van der Waals surface area contributed by atoms with Gasteiger partial charge in [-0.1, -0.05) is 47.6 Å². The van der Waals surface area contributed by atoms with Crippen LogP contribution in [-0.4, -0.2) is 26.3 Å². The van der Waals surface area contributed by atoms with Crippen molar-refractivity contribution in [3.63, 3.8) is 0 Å². The number of carbonyl (C=O) groups is 1. The maximum absolute atomic E-state index is 11.1. The number of hydrogen-bond acceptors (Lipinski definition) is 5. The van der Waals surface area contributed by atoms with Crippen molar-refractivity contribution in [1.29, 1.82) is 0 Å². The van der Waals surface area contributed by atoms with E-state index in [1.165, 1.54) is 18.2 Å². The fourth-order valence-corrected chi connectivity index (χ4v) is 2.73. The highest BCUT2D eigenvalue weighted by Gasteiger charge is 2.16. The molecular weight excluding hydrogens is 344 g/mol. The third-order valence-corrected chi connectivity index (χ3v) is 4.15. The molecule has 1 aromatic heterocycles. The van der Waals surface area contributed by atoms with Gasteiger partial charge in [-0.3, -0.25) is 0 Å². The molecule has 0 aliphatic carbocycles. The van der Waals surface area contributed by atoms with Crippen molar-refractivity contribution in [2.24, 2.45) is 0 Å². The summed E-state index contributed by atoms with van der Waals surface area (Å²) < 4.78 is 5.29. The number of carboxylic acid groups (broad SMARTS) is 1. The molecule has 132 valence electrons. The number of rotatable bonds is 4. The maximum atomic E-state index is 11.1. The number of phenols is 1. The molecule has 1 heterocycles. The van der Waals surface area contributed by atoms with E-state index in [2.05, 4.69) is 10.1 Å². The van der Waals surface area contributed by atoms with E-state index in [1.807, 2.05) is 54.6 Å². The summed E-state index contributed by atoms with van der Waals surface area (Å²) in [4.78, 5) is 15.4. The largest absolute Gasteiger partial charge is 0.507 e. The van der Waals surface area contributed by atoms with Crippen molar-refractivity contribution in [1.82, 2.24) is 10.1 Å². The van der Waals surface area contributed by atoms with Crippen LogP contribution in [-0.2, 0) is 0 Å². The molecule has 2 N–H and O–H groups in total. The first-order valence-electron chi connectivity index (χ1n) is 8.18. The summed E-state index contributed by atoms with van der Waals surface area (Å²) in [5.41, 5.74) is 3.12. The number of nitrogens with zero attached hydrogens (tertiary/aromatic N) is 2. The maximum Gasteiger partial charge on any atom is 0.335 e. The molecule has 0 amide bonds. The van der Waals surface area contributed by atoms with Gasteiger partial charge in [-0.25, -0.2) is 4.79 Å². The molecule has 4 aromatic rings. The van der Waals surface area contributed by atoms with Crippen LogP contribution in [0.3, 0.4) is 0 Å². The lowest BCUT2D eigenvalue weighted by Gasteiger charge is -2.02. The van der Waals surface area contributed by atoms with Gasteiger partial charge in [-0.15, -0.1) is 0 Å². The van der Waals surface area contributed by atoms with E-state index < -0.39 is 5.97 Å². The Hall–Kier alpha value is -3.93. The molecule has 3 aromatic carbocycles. The average Bonchev–Trinajstić information content (AvgIpc) is 3.19. The lowest BCUT2D eigenvalue weighted by atomic mass is 10.0. The summed E-state index contributed by atoms with van der Waals surface area (Å²) in [7, 11) is 0. The van der Waals surface area contributed by atoms with Gasteiger partial charge in [0.1, 0.15) is 5.75 Å². The second kappa shape index (κ2) is 6.76. The number of aromatic hydroxyl groups is 1. The van der Waals surface area contributed by atoms with Crippen LogP contribution >= 0.6 is 0 Å². The number of hydrogen-bond donors (Lipinski definition) is 2. The minimum atomic E-state index is -1.10. The fraction of sp³-hybridized carbons (Fsp3) is 0. The first kappa shape index (κ1) is 16.5. The number of benzene rings is 3. The van der Waals surface area contributed by atoms with Gasteiger partial charge in [-0.2, -0.15) is 4.98 Å². The predicted octanol–water partition coefficient (Wildman–Crippen LogP) is 4.47. The zero-order valence-electron chi connectivity index (χ0n) is 14.0. The van der Waals surface area contributed by atoms with E-state index in [1.54, 1.807) is 0 Å². The van der Waals surface area contributed by atoms with Gasteiger partial charge in [0.25, 0.3) is 5.89 Å². The molecule has 0 saturated heterocycles. The summed E-state index contributed by atoms with van der Waals surface area (Å²) in [6, 6.07) is 21.5. The Morgan fingerprint density at radius 1 is 0.852 bits per heavy atom. The van der Waals surface area contributed by atoms with E-state index in [9.17, 15) is 9.90 Å². The molecule has 0 aliphatic heterocycles. The molecule has 0 radical (unpaired) electrons. The molecule has 0 bridgehead atoms. The Labute approximate surface area is 154 Å². The zero-order chi connectivity index (χ0) is 18.8. The highest BCUT2D eigenvalue weighted by molar-refractivity contribution is 5.90. The van der Waals surface area contributed by atoms with Crippen LogP contribution in [0, 0.1) is 0 Å². The summed E-state index contributed by atoms with van der Waals surface area (Å²) in [5, 5.41) is 23.0. The third kappa shape index (κ3) is 3.28. The third-order valence-electron chi connectivity index (χ3n) is 4.15. The van der Waals surface area contributed by atoms with Crippen LogP contribution in [0.1, 0.15) is 10.4 Å². The van der Waals surface area contributed by atoms with Crippen molar-refractivity contribution in [3.8, 4) is 39.7 Å². The summed E-state index contributed by atoms with van der Waals surface area (Å²) in [6.07, 6.45) is 0. The average molecular weight is 358 g/mol. The Morgan fingerprint density at radius 3 is 2.22 bits per heavy atom. The number of aromatic carboxylic acids is 1. The number of carboxylic acids is 1. The van der Waals surface area contributed by atoms with Gasteiger partial charge in [0.2, 0.25) is 5.82 Å². The second-order valence-corrected chi connectivity index (χ2v) is 5.90. The minimum absolute atomic E-state index is 0.0290. The SMILES string of the molecule is O=C(O)c1ccc(O)c(-c2noc(-c3ccc(-c4ccccc4)cc3)n2)c1. The van der Waals surface area contributed by atoms with E-state index in [4.69, 9.17) is 9.63 Å². The number of aromatic nitrogens is 2.